The molecule has 0 fully saturated rings. The van der Waals surface area contributed by atoms with E-state index in [0.29, 0.717) is 0 Å². The molecule has 4 heteroatoms. The summed E-state index contributed by atoms with van der Waals surface area (Å²) in [5, 5.41) is 0. The fourth-order valence-corrected chi connectivity index (χ4v) is 0.768. The molecule has 14 heavy (non-hydrogen) atoms. The number of hydrogen-bond donors (Lipinski definition) is 1. The molecule has 2 unspecified atom stereocenters. The Morgan fingerprint density at radius 3 is 2.07 bits per heavy atom. The van der Waals surface area contributed by atoms with E-state index in [0.717, 1.165) is 0 Å². The standard InChI is InChI=1S/C8H14F3N.C2H6/c1-3-6(2)7(12)4-5-8(9,10)11;1-2/h3,6-7H,1,4-5,12H2,2H3;1-2H3. The lowest BCUT2D eigenvalue weighted by Gasteiger charge is -2.16. The van der Waals surface area contributed by atoms with Gasteiger partial charge in [-0.15, -0.1) is 6.58 Å². The summed E-state index contributed by atoms with van der Waals surface area (Å²) >= 11 is 0. The highest BCUT2D eigenvalue weighted by atomic mass is 19.4. The normalized spacial score (nSPS) is 15.1. The van der Waals surface area contributed by atoms with E-state index >= 15 is 0 Å². The van der Waals surface area contributed by atoms with E-state index in [2.05, 4.69) is 6.58 Å². The highest BCUT2D eigenvalue weighted by molar-refractivity contribution is 4.83. The Bertz CT molecular complexity index is 143. The summed E-state index contributed by atoms with van der Waals surface area (Å²) in [6.07, 6.45) is -3.37. The Balaban J connectivity index is 0. The number of halogens is 3. The van der Waals surface area contributed by atoms with Gasteiger partial charge in [-0.25, -0.2) is 0 Å². The molecule has 2 N–H and O–H groups in total. The van der Waals surface area contributed by atoms with Crippen molar-refractivity contribution < 1.29 is 13.2 Å². The molecule has 0 spiro atoms. The van der Waals surface area contributed by atoms with Crippen LogP contribution in [0.15, 0.2) is 12.7 Å². The van der Waals surface area contributed by atoms with Crippen LogP contribution in [0.3, 0.4) is 0 Å². The molecule has 0 aromatic rings. The molecule has 0 aliphatic heterocycles. The monoisotopic (exact) mass is 211 g/mol. The first kappa shape index (κ1) is 15.9. The summed E-state index contributed by atoms with van der Waals surface area (Å²) in [6.45, 7) is 9.22. The lowest BCUT2D eigenvalue weighted by molar-refractivity contribution is -0.136. The third kappa shape index (κ3) is 9.58. The van der Waals surface area contributed by atoms with Crippen molar-refractivity contribution in [2.75, 3.05) is 0 Å². The van der Waals surface area contributed by atoms with Crippen molar-refractivity contribution in [2.45, 2.75) is 45.8 Å². The maximum Gasteiger partial charge on any atom is 0.389 e. The molecule has 2 atom stereocenters. The van der Waals surface area contributed by atoms with Gasteiger partial charge in [0.2, 0.25) is 0 Å². The summed E-state index contributed by atoms with van der Waals surface area (Å²) in [5.41, 5.74) is 5.46. The predicted octanol–water partition coefficient (Wildman–Crippen LogP) is 3.50. The van der Waals surface area contributed by atoms with Gasteiger partial charge in [-0.2, -0.15) is 13.2 Å². The zero-order chi connectivity index (χ0) is 11.8. The molecule has 0 bridgehead atoms. The van der Waals surface area contributed by atoms with Crippen LogP contribution in [0.5, 0.6) is 0 Å². The van der Waals surface area contributed by atoms with Crippen molar-refractivity contribution in [2.24, 2.45) is 11.7 Å². The third-order valence-electron chi connectivity index (χ3n) is 1.81. The van der Waals surface area contributed by atoms with Crippen LogP contribution in [0.25, 0.3) is 0 Å². The molecule has 0 aliphatic rings. The first-order valence-electron chi connectivity index (χ1n) is 4.81. The highest BCUT2D eigenvalue weighted by Crippen LogP contribution is 2.23. The van der Waals surface area contributed by atoms with E-state index in [-0.39, 0.29) is 12.3 Å². The topological polar surface area (TPSA) is 26.0 Å². The van der Waals surface area contributed by atoms with Gasteiger partial charge in [0.15, 0.2) is 0 Å². The van der Waals surface area contributed by atoms with Crippen LogP contribution in [-0.2, 0) is 0 Å². The largest absolute Gasteiger partial charge is 0.389 e. The fourth-order valence-electron chi connectivity index (χ4n) is 0.768. The van der Waals surface area contributed by atoms with Crippen LogP contribution >= 0.6 is 0 Å². The second-order valence-electron chi connectivity index (χ2n) is 2.91. The summed E-state index contributed by atoms with van der Waals surface area (Å²) in [7, 11) is 0. The Morgan fingerprint density at radius 2 is 1.79 bits per heavy atom. The minimum Gasteiger partial charge on any atom is -0.327 e. The summed E-state index contributed by atoms with van der Waals surface area (Å²) in [4.78, 5) is 0. The minimum atomic E-state index is -4.10. The van der Waals surface area contributed by atoms with Crippen molar-refractivity contribution in [3.05, 3.63) is 12.7 Å². The maximum atomic E-state index is 11.7. The Labute approximate surface area is 84.2 Å². The molecule has 0 rings (SSSR count). The molecular formula is C10H20F3N. The molecule has 0 aromatic carbocycles. The maximum absolute atomic E-state index is 11.7. The average Bonchev–Trinajstić information content (AvgIpc) is 2.15. The first-order valence-corrected chi connectivity index (χ1v) is 4.81. The predicted molar refractivity (Wildman–Crippen MR) is 54.0 cm³/mol. The van der Waals surface area contributed by atoms with Crippen molar-refractivity contribution in [1.29, 1.82) is 0 Å². The molecule has 0 saturated carbocycles. The Kier molecular flexibility index (Phi) is 8.94. The van der Waals surface area contributed by atoms with Gasteiger partial charge < -0.3 is 5.73 Å². The first-order chi connectivity index (χ1) is 6.37. The number of rotatable bonds is 4. The van der Waals surface area contributed by atoms with Gasteiger partial charge in [0.1, 0.15) is 0 Å². The second-order valence-corrected chi connectivity index (χ2v) is 2.91. The molecule has 0 heterocycles. The molecule has 0 radical (unpaired) electrons. The molecule has 0 aliphatic carbocycles. The quantitative estimate of drug-likeness (QED) is 0.707. The van der Waals surface area contributed by atoms with Gasteiger partial charge in [0, 0.05) is 12.5 Å². The summed E-state index contributed by atoms with van der Waals surface area (Å²) in [5.74, 6) is -0.0626. The van der Waals surface area contributed by atoms with Gasteiger partial charge in [0.25, 0.3) is 0 Å². The molecule has 1 nitrogen and oxygen atoms in total. The van der Waals surface area contributed by atoms with Crippen LogP contribution in [-0.4, -0.2) is 12.2 Å². The van der Waals surface area contributed by atoms with Crippen LogP contribution in [0.4, 0.5) is 13.2 Å². The highest BCUT2D eigenvalue weighted by Gasteiger charge is 2.28. The zero-order valence-corrected chi connectivity index (χ0v) is 9.06. The van der Waals surface area contributed by atoms with Crippen molar-refractivity contribution in [1.82, 2.24) is 0 Å². The molecule has 0 saturated heterocycles. The van der Waals surface area contributed by atoms with E-state index in [4.69, 9.17) is 5.73 Å². The fraction of sp³-hybridized carbons (Fsp3) is 0.800. The van der Waals surface area contributed by atoms with Gasteiger partial charge >= 0.3 is 6.18 Å². The Morgan fingerprint density at radius 1 is 1.36 bits per heavy atom. The Hall–Kier alpha value is -0.510. The van der Waals surface area contributed by atoms with Crippen LogP contribution < -0.4 is 5.73 Å². The van der Waals surface area contributed by atoms with Crippen LogP contribution in [0.2, 0.25) is 0 Å². The van der Waals surface area contributed by atoms with Crippen molar-refractivity contribution in [3.8, 4) is 0 Å². The second kappa shape index (κ2) is 7.85. The van der Waals surface area contributed by atoms with E-state index < -0.39 is 18.6 Å². The average molecular weight is 211 g/mol. The van der Waals surface area contributed by atoms with E-state index in [1.54, 1.807) is 13.0 Å². The zero-order valence-electron chi connectivity index (χ0n) is 9.06. The van der Waals surface area contributed by atoms with E-state index in [1.165, 1.54) is 0 Å². The van der Waals surface area contributed by atoms with Crippen LogP contribution in [0, 0.1) is 5.92 Å². The molecule has 0 amide bonds. The van der Waals surface area contributed by atoms with Crippen molar-refractivity contribution >= 4 is 0 Å². The van der Waals surface area contributed by atoms with Gasteiger partial charge in [-0.3, -0.25) is 0 Å². The lowest BCUT2D eigenvalue weighted by Crippen LogP contribution is -2.28. The lowest BCUT2D eigenvalue weighted by atomic mass is 9.98. The molecule has 0 aromatic heterocycles. The smallest absolute Gasteiger partial charge is 0.327 e. The SMILES string of the molecule is C=CC(C)C(N)CCC(F)(F)F.CC. The number of alkyl halides is 3. The van der Waals surface area contributed by atoms with Crippen LogP contribution in [0.1, 0.15) is 33.6 Å². The molecular weight excluding hydrogens is 191 g/mol. The number of hydrogen-bond acceptors (Lipinski definition) is 1. The third-order valence-corrected chi connectivity index (χ3v) is 1.81. The van der Waals surface area contributed by atoms with Gasteiger partial charge in [-0.05, 0) is 12.3 Å². The summed E-state index contributed by atoms with van der Waals surface area (Å²) in [6, 6.07) is -0.441. The van der Waals surface area contributed by atoms with Gasteiger partial charge in [-0.1, -0.05) is 26.8 Å². The van der Waals surface area contributed by atoms with Gasteiger partial charge in [0.05, 0.1) is 0 Å². The van der Waals surface area contributed by atoms with E-state index in [1.807, 2.05) is 13.8 Å². The number of nitrogens with two attached hydrogens (primary N) is 1. The minimum absolute atomic E-state index is 0.0311. The van der Waals surface area contributed by atoms with Crippen molar-refractivity contribution in [3.63, 3.8) is 0 Å². The molecule has 86 valence electrons. The van der Waals surface area contributed by atoms with E-state index in [9.17, 15) is 13.2 Å². The summed E-state index contributed by atoms with van der Waals surface area (Å²) < 4.78 is 35.1.